The second-order valence-corrected chi connectivity index (χ2v) is 5.69. The van der Waals surface area contributed by atoms with Gasteiger partial charge in [0.15, 0.2) is 0 Å². The number of benzene rings is 2. The molecule has 11 heteroatoms. The van der Waals surface area contributed by atoms with Crippen molar-refractivity contribution in [1.82, 2.24) is 0 Å². The summed E-state index contributed by atoms with van der Waals surface area (Å²) in [5, 5.41) is 40.6. The van der Waals surface area contributed by atoms with E-state index >= 15 is 0 Å². The lowest BCUT2D eigenvalue weighted by Gasteiger charge is -2.07. The largest absolute Gasteiger partial charge is 0.502 e. The fourth-order valence-corrected chi connectivity index (χ4v) is 2.42. The van der Waals surface area contributed by atoms with Crippen LogP contribution in [0.25, 0.3) is 12.2 Å². The predicted molar refractivity (Wildman–Crippen MR) is 103 cm³/mol. The first-order chi connectivity index (χ1) is 14.2. The number of carboxylic acids is 1. The summed E-state index contributed by atoms with van der Waals surface area (Å²) in [7, 11) is 0. The van der Waals surface area contributed by atoms with Gasteiger partial charge in [0.25, 0.3) is 5.69 Å². The molecule has 0 spiro atoms. The van der Waals surface area contributed by atoms with Gasteiger partial charge in [0.1, 0.15) is 6.61 Å². The van der Waals surface area contributed by atoms with Crippen LogP contribution in [0.3, 0.4) is 0 Å². The summed E-state index contributed by atoms with van der Waals surface area (Å²) in [6.07, 6.45) is 3.90. The Labute approximate surface area is 168 Å². The number of ether oxygens (including phenoxy) is 1. The van der Waals surface area contributed by atoms with Gasteiger partial charge in [0.2, 0.25) is 5.75 Å². The molecule has 0 radical (unpaired) electrons. The van der Waals surface area contributed by atoms with Crippen molar-refractivity contribution in [2.45, 2.75) is 6.61 Å². The second kappa shape index (κ2) is 9.59. The van der Waals surface area contributed by atoms with Crippen molar-refractivity contribution < 1.29 is 34.4 Å². The number of nitrogens with zero attached hydrogens (tertiary/aromatic N) is 2. The van der Waals surface area contributed by atoms with E-state index in [2.05, 4.69) is 0 Å². The number of phenolic OH excluding ortho intramolecular Hbond substituents is 1. The van der Waals surface area contributed by atoms with Crippen LogP contribution in [0.2, 0.25) is 0 Å². The summed E-state index contributed by atoms with van der Waals surface area (Å²) in [6, 6.07) is 7.70. The first-order valence-corrected chi connectivity index (χ1v) is 8.19. The number of nitro groups is 2. The summed E-state index contributed by atoms with van der Waals surface area (Å²) in [5.74, 6) is -2.83. The Kier molecular flexibility index (Phi) is 6.96. The van der Waals surface area contributed by atoms with E-state index in [0.717, 1.165) is 30.4 Å². The molecule has 0 aliphatic rings. The Morgan fingerprint density at radius 2 is 1.50 bits per heavy atom. The third kappa shape index (κ3) is 5.48. The van der Waals surface area contributed by atoms with Gasteiger partial charge in [0.05, 0.1) is 15.4 Å². The van der Waals surface area contributed by atoms with Gasteiger partial charge in [-0.15, -0.1) is 0 Å². The third-order valence-electron chi connectivity index (χ3n) is 3.79. The molecular formula is C19H14N2O9. The normalized spacial score (nSPS) is 10.9. The molecule has 30 heavy (non-hydrogen) atoms. The second-order valence-electron chi connectivity index (χ2n) is 5.69. The van der Waals surface area contributed by atoms with E-state index in [1.165, 1.54) is 30.3 Å². The standard InChI is InChI=1S/C19H14N2O9/c22-17(23)9-7-12-3-1-5-15(20(26)27)14(12)11-30-18(24)10-8-13-4-2-6-16(19(13)25)21(28)29/h1-10,25H,11H2,(H,22,23)/b9-7+,10-8+. The fourth-order valence-electron chi connectivity index (χ4n) is 2.42. The van der Waals surface area contributed by atoms with E-state index in [4.69, 9.17) is 9.84 Å². The molecule has 2 aromatic rings. The van der Waals surface area contributed by atoms with Crippen LogP contribution in [0.5, 0.6) is 5.75 Å². The van der Waals surface area contributed by atoms with Crippen molar-refractivity contribution in [3.8, 4) is 5.75 Å². The molecule has 0 atom stereocenters. The van der Waals surface area contributed by atoms with E-state index < -0.39 is 39.8 Å². The number of rotatable bonds is 8. The molecule has 0 heterocycles. The minimum atomic E-state index is -1.26. The predicted octanol–water partition coefficient (Wildman–Crippen LogP) is 3.06. The van der Waals surface area contributed by atoms with Crippen molar-refractivity contribution in [3.05, 3.63) is 85.5 Å². The average molecular weight is 414 g/mol. The lowest BCUT2D eigenvalue weighted by atomic mass is 10.1. The molecule has 154 valence electrons. The number of carboxylic acid groups (broad SMARTS) is 1. The lowest BCUT2D eigenvalue weighted by Crippen LogP contribution is -2.05. The molecule has 0 bridgehead atoms. The maximum atomic E-state index is 12.0. The van der Waals surface area contributed by atoms with Crippen LogP contribution in [0.15, 0.2) is 48.6 Å². The average Bonchev–Trinajstić information content (AvgIpc) is 2.69. The highest BCUT2D eigenvalue weighted by Crippen LogP contribution is 2.30. The summed E-state index contributed by atoms with van der Waals surface area (Å²) in [4.78, 5) is 43.2. The maximum Gasteiger partial charge on any atom is 0.331 e. The van der Waals surface area contributed by atoms with Crippen LogP contribution in [-0.2, 0) is 20.9 Å². The number of carbonyl (C=O) groups excluding carboxylic acids is 1. The zero-order valence-electron chi connectivity index (χ0n) is 15.1. The molecule has 0 saturated carbocycles. The van der Waals surface area contributed by atoms with Gasteiger partial charge in [-0.2, -0.15) is 0 Å². The van der Waals surface area contributed by atoms with Gasteiger partial charge >= 0.3 is 17.6 Å². The monoisotopic (exact) mass is 414 g/mol. The Hall–Kier alpha value is -4.54. The van der Waals surface area contributed by atoms with Crippen molar-refractivity contribution in [2.24, 2.45) is 0 Å². The number of esters is 1. The lowest BCUT2D eigenvalue weighted by molar-refractivity contribution is -0.386. The Morgan fingerprint density at radius 3 is 2.10 bits per heavy atom. The van der Waals surface area contributed by atoms with Crippen molar-refractivity contribution in [1.29, 1.82) is 0 Å². The molecule has 0 fully saturated rings. The summed E-state index contributed by atoms with van der Waals surface area (Å²) >= 11 is 0. The first kappa shape index (κ1) is 21.8. The highest BCUT2D eigenvalue weighted by molar-refractivity contribution is 5.88. The minimum absolute atomic E-state index is 0.00285. The van der Waals surface area contributed by atoms with E-state index in [0.29, 0.717) is 0 Å². The summed E-state index contributed by atoms with van der Waals surface area (Å²) < 4.78 is 4.98. The molecule has 0 aromatic heterocycles. The Balaban J connectivity index is 2.21. The SMILES string of the molecule is O=C(O)/C=C/c1cccc([N+](=O)[O-])c1COC(=O)/C=C/c1cccc([N+](=O)[O-])c1O. The van der Waals surface area contributed by atoms with Gasteiger partial charge in [0, 0.05) is 29.8 Å². The van der Waals surface area contributed by atoms with Crippen LogP contribution < -0.4 is 0 Å². The van der Waals surface area contributed by atoms with Crippen LogP contribution in [0, 0.1) is 20.2 Å². The molecule has 0 saturated heterocycles. The van der Waals surface area contributed by atoms with Crippen molar-refractivity contribution in [2.75, 3.05) is 0 Å². The zero-order valence-corrected chi connectivity index (χ0v) is 15.1. The minimum Gasteiger partial charge on any atom is -0.502 e. The van der Waals surface area contributed by atoms with Gasteiger partial charge in [-0.1, -0.05) is 24.3 Å². The molecule has 2 N–H and O–H groups in total. The third-order valence-corrected chi connectivity index (χ3v) is 3.79. The van der Waals surface area contributed by atoms with Crippen LogP contribution >= 0.6 is 0 Å². The number of hydrogen-bond acceptors (Lipinski definition) is 8. The van der Waals surface area contributed by atoms with Gasteiger partial charge in [-0.3, -0.25) is 20.2 Å². The highest BCUT2D eigenvalue weighted by Gasteiger charge is 2.18. The molecule has 0 amide bonds. The molecule has 0 aliphatic heterocycles. The fraction of sp³-hybridized carbons (Fsp3) is 0.0526. The van der Waals surface area contributed by atoms with Gasteiger partial charge in [-0.05, 0) is 17.7 Å². The van der Waals surface area contributed by atoms with Gasteiger partial charge in [-0.25, -0.2) is 9.59 Å². The molecule has 0 unspecified atom stereocenters. The number of aromatic hydroxyl groups is 1. The molecular weight excluding hydrogens is 400 g/mol. The topological polar surface area (TPSA) is 170 Å². The molecule has 0 aliphatic carbocycles. The van der Waals surface area contributed by atoms with Crippen LogP contribution in [0.1, 0.15) is 16.7 Å². The van der Waals surface area contributed by atoms with Crippen molar-refractivity contribution in [3.63, 3.8) is 0 Å². The Bertz CT molecular complexity index is 1070. The number of phenols is 1. The first-order valence-electron chi connectivity index (χ1n) is 8.19. The number of carbonyl (C=O) groups is 2. The molecule has 11 nitrogen and oxygen atoms in total. The van der Waals surface area contributed by atoms with E-state index in [1.807, 2.05) is 0 Å². The molecule has 2 rings (SSSR count). The maximum absolute atomic E-state index is 12.0. The molecule has 2 aromatic carbocycles. The summed E-state index contributed by atoms with van der Waals surface area (Å²) in [6.45, 7) is -0.527. The smallest absolute Gasteiger partial charge is 0.331 e. The Morgan fingerprint density at radius 1 is 0.933 bits per heavy atom. The van der Waals surface area contributed by atoms with Gasteiger partial charge < -0.3 is 14.9 Å². The van der Waals surface area contributed by atoms with Crippen LogP contribution in [-0.4, -0.2) is 32.0 Å². The van der Waals surface area contributed by atoms with E-state index in [1.54, 1.807) is 0 Å². The number of hydrogen-bond donors (Lipinski definition) is 2. The highest BCUT2D eigenvalue weighted by atomic mass is 16.6. The summed E-state index contributed by atoms with van der Waals surface area (Å²) in [5.41, 5.74) is -0.743. The zero-order chi connectivity index (χ0) is 22.3. The van der Waals surface area contributed by atoms with E-state index in [9.17, 15) is 34.9 Å². The quantitative estimate of drug-likeness (QED) is 0.285. The number of aliphatic carboxylic acids is 1. The number of para-hydroxylation sites is 1. The van der Waals surface area contributed by atoms with Crippen molar-refractivity contribution >= 4 is 35.5 Å². The van der Waals surface area contributed by atoms with E-state index in [-0.39, 0.29) is 22.4 Å². The number of nitro benzene ring substituents is 2. The van der Waals surface area contributed by atoms with Crippen LogP contribution in [0.4, 0.5) is 11.4 Å².